The fourth-order valence-electron chi connectivity index (χ4n) is 1.77. The van der Waals surface area contributed by atoms with Crippen LogP contribution in [0.4, 0.5) is 0 Å². The van der Waals surface area contributed by atoms with Crippen LogP contribution in [0.2, 0.25) is 10.0 Å². The second kappa shape index (κ2) is 4.54. The molecular weight excluding hydrogens is 251 g/mol. The summed E-state index contributed by atoms with van der Waals surface area (Å²) in [6.07, 6.45) is 1.43. The Morgan fingerprint density at radius 2 is 2.20 bits per heavy atom. The summed E-state index contributed by atoms with van der Waals surface area (Å²) in [7, 11) is 0. The molecule has 1 atom stereocenters. The molecule has 1 aromatic rings. The monoisotopic (exact) mass is 262 g/mol. The number of aliphatic hydroxyl groups is 1. The lowest BCUT2D eigenvalue weighted by molar-refractivity contribution is 0.0687. The minimum atomic E-state index is -0.598. The number of hydrogen-bond donors (Lipinski definition) is 1. The van der Waals surface area contributed by atoms with E-state index in [2.05, 4.69) is 0 Å². The van der Waals surface area contributed by atoms with Crippen LogP contribution in [0.1, 0.15) is 12.0 Å². The highest BCUT2D eigenvalue weighted by molar-refractivity contribution is 7.99. The van der Waals surface area contributed by atoms with Gasteiger partial charge in [0.25, 0.3) is 0 Å². The molecule has 1 aliphatic rings. The standard InChI is InChI=1S/C11H12Cl2OS/c12-9-1-2-10(13)8(5-9)6-11(14)3-4-15-7-11/h1-2,5,14H,3-4,6-7H2. The topological polar surface area (TPSA) is 20.2 Å². The molecule has 1 fully saturated rings. The van der Waals surface area contributed by atoms with Crippen molar-refractivity contribution < 1.29 is 5.11 Å². The molecule has 82 valence electrons. The number of halogens is 2. The van der Waals surface area contributed by atoms with Crippen LogP contribution in [0, 0.1) is 0 Å². The van der Waals surface area contributed by atoms with E-state index in [1.165, 1.54) is 0 Å². The van der Waals surface area contributed by atoms with Gasteiger partial charge in [-0.25, -0.2) is 0 Å². The van der Waals surface area contributed by atoms with Gasteiger partial charge in [-0.05, 0) is 35.9 Å². The Bertz CT molecular complexity index is 362. The van der Waals surface area contributed by atoms with Gasteiger partial charge >= 0.3 is 0 Å². The van der Waals surface area contributed by atoms with Crippen molar-refractivity contribution >= 4 is 35.0 Å². The van der Waals surface area contributed by atoms with Crippen molar-refractivity contribution in [2.75, 3.05) is 11.5 Å². The first-order valence-corrected chi connectivity index (χ1v) is 6.74. The van der Waals surface area contributed by atoms with Gasteiger partial charge in [0.05, 0.1) is 5.60 Å². The van der Waals surface area contributed by atoms with Crippen LogP contribution < -0.4 is 0 Å². The van der Waals surface area contributed by atoms with E-state index in [1.54, 1.807) is 23.9 Å². The summed E-state index contributed by atoms with van der Waals surface area (Å²) in [5.41, 5.74) is 0.341. The fraction of sp³-hybridized carbons (Fsp3) is 0.455. The molecule has 1 heterocycles. The molecule has 0 radical (unpaired) electrons. The van der Waals surface area contributed by atoms with E-state index in [4.69, 9.17) is 23.2 Å². The Balaban J connectivity index is 2.19. The molecule has 1 unspecified atom stereocenters. The van der Waals surface area contributed by atoms with E-state index in [0.29, 0.717) is 16.5 Å². The third-order valence-corrected chi connectivity index (χ3v) is 4.45. The summed E-state index contributed by atoms with van der Waals surface area (Å²) < 4.78 is 0. The first kappa shape index (κ1) is 11.6. The van der Waals surface area contributed by atoms with Crippen molar-refractivity contribution in [1.82, 2.24) is 0 Å². The van der Waals surface area contributed by atoms with E-state index in [-0.39, 0.29) is 0 Å². The second-order valence-corrected chi connectivity index (χ2v) is 5.89. The molecule has 1 aromatic carbocycles. The maximum Gasteiger partial charge on any atom is 0.0786 e. The normalized spacial score (nSPS) is 25.8. The Morgan fingerprint density at radius 1 is 1.40 bits per heavy atom. The van der Waals surface area contributed by atoms with Crippen LogP contribution in [0.5, 0.6) is 0 Å². The lowest BCUT2D eigenvalue weighted by Crippen LogP contribution is -2.30. The molecule has 15 heavy (non-hydrogen) atoms. The third kappa shape index (κ3) is 2.82. The largest absolute Gasteiger partial charge is 0.389 e. The van der Waals surface area contributed by atoms with Gasteiger partial charge in [0, 0.05) is 22.2 Å². The van der Waals surface area contributed by atoms with E-state index >= 15 is 0 Å². The highest BCUT2D eigenvalue weighted by atomic mass is 35.5. The SMILES string of the molecule is OC1(Cc2cc(Cl)ccc2Cl)CCSC1. The van der Waals surface area contributed by atoms with Crippen LogP contribution in [0.25, 0.3) is 0 Å². The summed E-state index contributed by atoms with van der Waals surface area (Å²) in [4.78, 5) is 0. The summed E-state index contributed by atoms with van der Waals surface area (Å²) >= 11 is 13.7. The zero-order valence-electron chi connectivity index (χ0n) is 8.17. The van der Waals surface area contributed by atoms with Gasteiger partial charge in [-0.2, -0.15) is 11.8 Å². The number of thioether (sulfide) groups is 1. The lowest BCUT2D eigenvalue weighted by atomic mass is 9.94. The molecule has 0 saturated carbocycles. The third-order valence-electron chi connectivity index (χ3n) is 2.61. The average molecular weight is 263 g/mol. The molecule has 1 nitrogen and oxygen atoms in total. The van der Waals surface area contributed by atoms with E-state index in [0.717, 1.165) is 23.5 Å². The van der Waals surface area contributed by atoms with Gasteiger partial charge in [0.2, 0.25) is 0 Å². The maximum atomic E-state index is 10.2. The Hall–Kier alpha value is 0.110. The van der Waals surface area contributed by atoms with Crippen molar-refractivity contribution in [2.24, 2.45) is 0 Å². The average Bonchev–Trinajstić information content (AvgIpc) is 2.59. The first-order valence-electron chi connectivity index (χ1n) is 4.83. The van der Waals surface area contributed by atoms with Gasteiger partial charge in [-0.3, -0.25) is 0 Å². The van der Waals surface area contributed by atoms with Crippen LogP contribution in [-0.4, -0.2) is 22.2 Å². The number of hydrogen-bond acceptors (Lipinski definition) is 2. The van der Waals surface area contributed by atoms with Crippen LogP contribution in [0.15, 0.2) is 18.2 Å². The minimum absolute atomic E-state index is 0.597. The van der Waals surface area contributed by atoms with Crippen molar-refractivity contribution in [3.05, 3.63) is 33.8 Å². The molecule has 0 bridgehead atoms. The highest BCUT2D eigenvalue weighted by Gasteiger charge is 2.32. The molecule has 0 aromatic heterocycles. The Labute approximate surface area is 104 Å². The van der Waals surface area contributed by atoms with E-state index in [9.17, 15) is 5.11 Å². The number of benzene rings is 1. The van der Waals surface area contributed by atoms with Gasteiger partial charge in [0.1, 0.15) is 0 Å². The minimum Gasteiger partial charge on any atom is -0.389 e. The first-order chi connectivity index (χ1) is 7.09. The zero-order chi connectivity index (χ0) is 10.9. The van der Waals surface area contributed by atoms with E-state index in [1.807, 2.05) is 6.07 Å². The fourth-order valence-corrected chi connectivity index (χ4v) is 3.44. The van der Waals surface area contributed by atoms with Gasteiger partial charge < -0.3 is 5.11 Å². The summed E-state index contributed by atoms with van der Waals surface area (Å²) in [6, 6.07) is 5.39. The predicted molar refractivity (Wildman–Crippen MR) is 67.1 cm³/mol. The molecular formula is C11H12Cl2OS. The predicted octanol–water partition coefficient (Wildman–Crippen LogP) is 3.40. The van der Waals surface area contributed by atoms with Crippen molar-refractivity contribution in [1.29, 1.82) is 0 Å². The molecule has 1 aliphatic heterocycles. The molecule has 0 spiro atoms. The molecule has 1 saturated heterocycles. The Kier molecular flexibility index (Phi) is 3.51. The summed E-state index contributed by atoms with van der Waals surface area (Å²) in [5, 5.41) is 11.6. The summed E-state index contributed by atoms with van der Waals surface area (Å²) in [5.74, 6) is 1.81. The molecule has 0 amide bonds. The quantitative estimate of drug-likeness (QED) is 0.882. The van der Waals surface area contributed by atoms with E-state index < -0.39 is 5.60 Å². The lowest BCUT2D eigenvalue weighted by Gasteiger charge is -2.21. The molecule has 1 N–H and O–H groups in total. The van der Waals surface area contributed by atoms with Gasteiger partial charge in [-0.1, -0.05) is 23.2 Å². The molecule has 4 heteroatoms. The van der Waals surface area contributed by atoms with Gasteiger partial charge in [0.15, 0.2) is 0 Å². The zero-order valence-corrected chi connectivity index (χ0v) is 10.5. The molecule has 0 aliphatic carbocycles. The van der Waals surface area contributed by atoms with Crippen molar-refractivity contribution in [2.45, 2.75) is 18.4 Å². The smallest absolute Gasteiger partial charge is 0.0786 e. The van der Waals surface area contributed by atoms with Crippen LogP contribution in [0.3, 0.4) is 0 Å². The number of rotatable bonds is 2. The molecule has 2 rings (SSSR count). The second-order valence-electron chi connectivity index (χ2n) is 3.94. The van der Waals surface area contributed by atoms with Crippen LogP contribution in [-0.2, 0) is 6.42 Å². The van der Waals surface area contributed by atoms with Gasteiger partial charge in [-0.15, -0.1) is 0 Å². The van der Waals surface area contributed by atoms with Crippen molar-refractivity contribution in [3.8, 4) is 0 Å². The van der Waals surface area contributed by atoms with Crippen molar-refractivity contribution in [3.63, 3.8) is 0 Å². The highest BCUT2D eigenvalue weighted by Crippen LogP contribution is 2.33. The Morgan fingerprint density at radius 3 is 2.87 bits per heavy atom. The maximum absolute atomic E-state index is 10.2. The summed E-state index contributed by atoms with van der Waals surface area (Å²) in [6.45, 7) is 0. The van der Waals surface area contributed by atoms with Crippen LogP contribution >= 0.6 is 35.0 Å².